The van der Waals surface area contributed by atoms with E-state index in [1.165, 1.54) is 0 Å². The van der Waals surface area contributed by atoms with Gasteiger partial charge in [0.05, 0.1) is 6.61 Å². The van der Waals surface area contributed by atoms with Gasteiger partial charge in [0, 0.05) is 37.9 Å². The summed E-state index contributed by atoms with van der Waals surface area (Å²) in [6.45, 7) is 3.06. The maximum atomic E-state index is 12.3. The summed E-state index contributed by atoms with van der Waals surface area (Å²) in [7, 11) is 1.66. The molecule has 128 valence electrons. The highest BCUT2D eigenvalue weighted by Gasteiger charge is 2.10. The van der Waals surface area contributed by atoms with E-state index in [1.54, 1.807) is 7.11 Å². The Bertz CT molecular complexity index is 617. The van der Waals surface area contributed by atoms with Gasteiger partial charge < -0.3 is 20.1 Å². The second kappa shape index (κ2) is 10.4. The third-order valence-electron chi connectivity index (χ3n) is 3.47. The maximum Gasteiger partial charge on any atom is 0.251 e. The Labute approximate surface area is 143 Å². The molecule has 0 bridgehead atoms. The van der Waals surface area contributed by atoms with E-state index in [1.807, 2.05) is 54.6 Å². The van der Waals surface area contributed by atoms with Crippen molar-refractivity contribution < 1.29 is 14.3 Å². The van der Waals surface area contributed by atoms with Gasteiger partial charge in [0.25, 0.3) is 5.91 Å². The molecule has 0 spiro atoms. The number of carbonyl (C=O) groups is 1. The van der Waals surface area contributed by atoms with Crippen LogP contribution in [0.3, 0.4) is 0 Å². The highest BCUT2D eigenvalue weighted by Crippen LogP contribution is 2.14. The molecule has 2 aromatic rings. The lowest BCUT2D eigenvalue weighted by molar-refractivity contribution is 0.0951. The van der Waals surface area contributed by atoms with E-state index in [4.69, 9.17) is 9.47 Å². The highest BCUT2D eigenvalue weighted by molar-refractivity contribution is 5.95. The van der Waals surface area contributed by atoms with E-state index >= 15 is 0 Å². The van der Waals surface area contributed by atoms with Crippen LogP contribution in [0, 0.1) is 0 Å². The van der Waals surface area contributed by atoms with Crippen LogP contribution >= 0.6 is 0 Å². The Morgan fingerprint density at radius 3 is 2.50 bits per heavy atom. The van der Waals surface area contributed by atoms with Gasteiger partial charge in [0.1, 0.15) is 12.4 Å². The first kappa shape index (κ1) is 18.0. The zero-order valence-corrected chi connectivity index (χ0v) is 14.0. The van der Waals surface area contributed by atoms with Crippen LogP contribution in [0.2, 0.25) is 0 Å². The molecule has 0 saturated heterocycles. The van der Waals surface area contributed by atoms with Crippen LogP contribution in [0.4, 0.5) is 0 Å². The average Bonchev–Trinajstić information content (AvgIpc) is 2.64. The van der Waals surface area contributed by atoms with E-state index < -0.39 is 0 Å². The minimum absolute atomic E-state index is 0.0872. The fraction of sp³-hybridized carbons (Fsp3) is 0.316. The molecule has 0 aliphatic heterocycles. The molecule has 5 nitrogen and oxygen atoms in total. The van der Waals surface area contributed by atoms with E-state index in [0.717, 1.165) is 17.9 Å². The third-order valence-corrected chi connectivity index (χ3v) is 3.47. The minimum Gasteiger partial charge on any atom is -0.489 e. The lowest BCUT2D eigenvalue weighted by atomic mass is 10.1. The van der Waals surface area contributed by atoms with Crippen LogP contribution in [-0.2, 0) is 11.3 Å². The Balaban J connectivity index is 1.84. The van der Waals surface area contributed by atoms with Crippen LogP contribution in [0.1, 0.15) is 15.9 Å². The molecule has 0 heterocycles. The van der Waals surface area contributed by atoms with Gasteiger partial charge in [-0.1, -0.05) is 36.4 Å². The number of carbonyl (C=O) groups excluding carboxylic acids is 1. The van der Waals surface area contributed by atoms with E-state index in [2.05, 4.69) is 10.6 Å². The van der Waals surface area contributed by atoms with E-state index in [9.17, 15) is 4.79 Å². The molecule has 5 heteroatoms. The molecule has 0 fully saturated rings. The number of hydrogen-bond acceptors (Lipinski definition) is 4. The molecule has 0 aromatic heterocycles. The molecular formula is C19H24N2O3. The van der Waals surface area contributed by atoms with Crippen molar-refractivity contribution in [1.29, 1.82) is 0 Å². The molecule has 0 atom stereocenters. The molecule has 2 aromatic carbocycles. The molecule has 1 amide bonds. The predicted octanol–water partition coefficient (Wildman–Crippen LogP) is 2.23. The van der Waals surface area contributed by atoms with Gasteiger partial charge in [-0.25, -0.2) is 0 Å². The standard InChI is InChI=1S/C19H24N2O3/c1-23-14-13-20-11-12-21-19(22)18-10-6-5-7-16(18)15-24-17-8-3-2-4-9-17/h2-10,20H,11-15H2,1H3,(H,21,22). The Morgan fingerprint density at radius 1 is 0.958 bits per heavy atom. The molecule has 2 N–H and O–H groups in total. The first-order chi connectivity index (χ1) is 11.8. The summed E-state index contributed by atoms with van der Waals surface area (Å²) in [5, 5.41) is 6.11. The summed E-state index contributed by atoms with van der Waals surface area (Å²) in [4.78, 5) is 12.3. The smallest absolute Gasteiger partial charge is 0.251 e. The zero-order valence-electron chi connectivity index (χ0n) is 14.0. The fourth-order valence-electron chi connectivity index (χ4n) is 2.20. The molecule has 0 unspecified atom stereocenters. The number of methoxy groups -OCH3 is 1. The van der Waals surface area contributed by atoms with Crippen molar-refractivity contribution in [3.8, 4) is 5.75 Å². The van der Waals surface area contributed by atoms with Crippen LogP contribution in [0.5, 0.6) is 5.75 Å². The van der Waals surface area contributed by atoms with Gasteiger partial charge in [-0.15, -0.1) is 0 Å². The number of nitrogens with one attached hydrogen (secondary N) is 2. The van der Waals surface area contributed by atoms with E-state index in [-0.39, 0.29) is 5.91 Å². The Kier molecular flexibility index (Phi) is 7.80. The van der Waals surface area contributed by atoms with E-state index in [0.29, 0.717) is 31.9 Å². The van der Waals surface area contributed by atoms with Crippen molar-refractivity contribution in [2.24, 2.45) is 0 Å². The summed E-state index contributed by atoms with van der Waals surface area (Å²) < 4.78 is 10.7. The summed E-state index contributed by atoms with van der Waals surface area (Å²) in [5.41, 5.74) is 1.51. The Hall–Kier alpha value is -2.37. The number of amides is 1. The summed E-state index contributed by atoms with van der Waals surface area (Å²) >= 11 is 0. The van der Waals surface area contributed by atoms with Crippen molar-refractivity contribution in [2.75, 3.05) is 33.4 Å². The Morgan fingerprint density at radius 2 is 1.71 bits per heavy atom. The number of hydrogen-bond donors (Lipinski definition) is 2. The monoisotopic (exact) mass is 328 g/mol. The van der Waals surface area contributed by atoms with Crippen LogP contribution in [-0.4, -0.2) is 39.3 Å². The topological polar surface area (TPSA) is 59.6 Å². The summed E-state index contributed by atoms with van der Waals surface area (Å²) in [5.74, 6) is 0.700. The number of benzene rings is 2. The first-order valence-corrected chi connectivity index (χ1v) is 8.05. The molecule has 0 aliphatic carbocycles. The van der Waals surface area contributed by atoms with Crippen molar-refractivity contribution in [2.45, 2.75) is 6.61 Å². The lowest BCUT2D eigenvalue weighted by Gasteiger charge is -2.12. The SMILES string of the molecule is COCCNCCNC(=O)c1ccccc1COc1ccccc1. The molecular weight excluding hydrogens is 304 g/mol. The fourth-order valence-corrected chi connectivity index (χ4v) is 2.20. The van der Waals surface area contributed by atoms with Crippen molar-refractivity contribution in [3.05, 3.63) is 65.7 Å². The number of para-hydroxylation sites is 1. The largest absolute Gasteiger partial charge is 0.489 e. The highest BCUT2D eigenvalue weighted by atomic mass is 16.5. The lowest BCUT2D eigenvalue weighted by Crippen LogP contribution is -2.33. The normalized spacial score (nSPS) is 10.4. The van der Waals surface area contributed by atoms with Gasteiger partial charge in [0.15, 0.2) is 0 Å². The van der Waals surface area contributed by atoms with Crippen LogP contribution < -0.4 is 15.4 Å². The number of ether oxygens (including phenoxy) is 2. The predicted molar refractivity (Wildman–Crippen MR) is 94.3 cm³/mol. The quantitative estimate of drug-likeness (QED) is 0.657. The first-order valence-electron chi connectivity index (χ1n) is 8.05. The maximum absolute atomic E-state index is 12.3. The number of rotatable bonds is 10. The molecule has 0 saturated carbocycles. The van der Waals surface area contributed by atoms with Gasteiger partial charge in [-0.2, -0.15) is 0 Å². The van der Waals surface area contributed by atoms with Gasteiger partial charge in [-0.3, -0.25) is 4.79 Å². The van der Waals surface area contributed by atoms with Gasteiger partial charge >= 0.3 is 0 Å². The third kappa shape index (κ3) is 6.02. The second-order valence-electron chi connectivity index (χ2n) is 5.26. The molecule has 24 heavy (non-hydrogen) atoms. The molecule has 2 rings (SSSR count). The zero-order chi connectivity index (χ0) is 17.0. The minimum atomic E-state index is -0.0872. The van der Waals surface area contributed by atoms with Gasteiger partial charge in [0.2, 0.25) is 0 Å². The van der Waals surface area contributed by atoms with Crippen LogP contribution in [0.25, 0.3) is 0 Å². The summed E-state index contributed by atoms with van der Waals surface area (Å²) in [6, 6.07) is 17.1. The van der Waals surface area contributed by atoms with Crippen LogP contribution in [0.15, 0.2) is 54.6 Å². The molecule has 0 radical (unpaired) electrons. The van der Waals surface area contributed by atoms with Gasteiger partial charge in [-0.05, 0) is 18.2 Å². The summed E-state index contributed by atoms with van der Waals surface area (Å²) in [6.07, 6.45) is 0. The average molecular weight is 328 g/mol. The second-order valence-corrected chi connectivity index (χ2v) is 5.26. The van der Waals surface area contributed by atoms with Crippen molar-refractivity contribution >= 4 is 5.91 Å². The van der Waals surface area contributed by atoms with Crippen molar-refractivity contribution in [1.82, 2.24) is 10.6 Å². The molecule has 0 aliphatic rings. The van der Waals surface area contributed by atoms with Crippen molar-refractivity contribution in [3.63, 3.8) is 0 Å².